The van der Waals surface area contributed by atoms with Crippen molar-refractivity contribution < 1.29 is 14.4 Å². The summed E-state index contributed by atoms with van der Waals surface area (Å²) in [5.41, 5.74) is 10.3. The third-order valence-electron chi connectivity index (χ3n) is 2.35. The van der Waals surface area contributed by atoms with Gasteiger partial charge in [-0.15, -0.1) is 0 Å². The summed E-state index contributed by atoms with van der Waals surface area (Å²) < 4.78 is 0. The number of rotatable bonds is 7. The molecule has 1 unspecified atom stereocenters. The molecule has 0 aliphatic heterocycles. The molecule has 7 heteroatoms. The molecule has 1 aliphatic rings. The number of hydrogen-bond acceptors (Lipinski definition) is 4. The van der Waals surface area contributed by atoms with Crippen LogP contribution in [0.2, 0.25) is 0 Å². The molecule has 96 valence electrons. The minimum atomic E-state index is -0.945. The van der Waals surface area contributed by atoms with Crippen molar-refractivity contribution in [3.63, 3.8) is 0 Å². The molecule has 0 heterocycles. The van der Waals surface area contributed by atoms with Crippen LogP contribution >= 0.6 is 0 Å². The van der Waals surface area contributed by atoms with Crippen LogP contribution in [-0.4, -0.2) is 36.3 Å². The van der Waals surface area contributed by atoms with Gasteiger partial charge in [0.25, 0.3) is 0 Å². The number of nitrogens with two attached hydrogens (primary N) is 2. The first-order valence-electron chi connectivity index (χ1n) is 5.60. The van der Waals surface area contributed by atoms with Gasteiger partial charge in [-0.25, -0.2) is 0 Å². The number of hydrogen-bond donors (Lipinski definition) is 4. The van der Waals surface area contributed by atoms with Gasteiger partial charge in [0, 0.05) is 19.0 Å². The van der Waals surface area contributed by atoms with Crippen molar-refractivity contribution in [1.29, 1.82) is 0 Å². The average Bonchev–Trinajstić information content (AvgIpc) is 3.00. The number of amides is 3. The van der Waals surface area contributed by atoms with Crippen LogP contribution in [0.15, 0.2) is 0 Å². The van der Waals surface area contributed by atoms with Gasteiger partial charge in [-0.2, -0.15) is 0 Å². The van der Waals surface area contributed by atoms with Gasteiger partial charge in [-0.1, -0.05) is 0 Å². The number of primary amides is 1. The molecular formula is C10H18N4O3. The molecule has 0 aromatic heterocycles. The van der Waals surface area contributed by atoms with Gasteiger partial charge in [-0.05, 0) is 12.8 Å². The van der Waals surface area contributed by atoms with Crippen LogP contribution in [0.1, 0.15) is 25.7 Å². The summed E-state index contributed by atoms with van der Waals surface area (Å²) in [4.78, 5) is 33.1. The first-order chi connectivity index (χ1) is 7.99. The van der Waals surface area contributed by atoms with E-state index in [1.54, 1.807) is 0 Å². The van der Waals surface area contributed by atoms with Gasteiger partial charge in [0.1, 0.15) is 0 Å². The fourth-order valence-electron chi connectivity index (χ4n) is 1.27. The topological polar surface area (TPSA) is 127 Å². The molecule has 0 radical (unpaired) electrons. The van der Waals surface area contributed by atoms with E-state index in [1.165, 1.54) is 0 Å². The Morgan fingerprint density at radius 2 is 1.94 bits per heavy atom. The van der Waals surface area contributed by atoms with E-state index < -0.39 is 17.9 Å². The van der Waals surface area contributed by atoms with E-state index in [2.05, 4.69) is 10.6 Å². The standard InChI is InChI=1S/C10H18N4O3/c11-7(5-8(12)15)10(17)13-4-3-9(16)14-6-1-2-6/h6-7H,1-5,11H2,(H2,12,15)(H,13,17)(H,14,16). The highest BCUT2D eigenvalue weighted by Gasteiger charge is 2.23. The molecule has 0 bridgehead atoms. The van der Waals surface area contributed by atoms with Crippen molar-refractivity contribution in [2.75, 3.05) is 6.54 Å². The highest BCUT2D eigenvalue weighted by molar-refractivity contribution is 5.87. The van der Waals surface area contributed by atoms with Gasteiger partial charge < -0.3 is 22.1 Å². The lowest BCUT2D eigenvalue weighted by Crippen LogP contribution is -2.44. The first kappa shape index (κ1) is 13.4. The van der Waals surface area contributed by atoms with Crippen molar-refractivity contribution >= 4 is 17.7 Å². The number of nitrogens with one attached hydrogen (secondary N) is 2. The number of carbonyl (C=O) groups is 3. The molecule has 17 heavy (non-hydrogen) atoms. The van der Waals surface area contributed by atoms with Crippen LogP contribution in [0.25, 0.3) is 0 Å². The fraction of sp³-hybridized carbons (Fsp3) is 0.700. The largest absolute Gasteiger partial charge is 0.370 e. The maximum atomic E-state index is 11.3. The maximum absolute atomic E-state index is 11.3. The Morgan fingerprint density at radius 3 is 2.47 bits per heavy atom. The second kappa shape index (κ2) is 6.19. The molecular weight excluding hydrogens is 224 g/mol. The van der Waals surface area contributed by atoms with Crippen LogP contribution in [-0.2, 0) is 14.4 Å². The second-order valence-corrected chi connectivity index (χ2v) is 4.16. The average molecular weight is 242 g/mol. The molecule has 1 rings (SSSR count). The molecule has 1 aliphatic carbocycles. The summed E-state index contributed by atoms with van der Waals surface area (Å²) in [6.07, 6.45) is 2.08. The molecule has 7 nitrogen and oxygen atoms in total. The van der Waals surface area contributed by atoms with Crippen molar-refractivity contribution in [2.24, 2.45) is 11.5 Å². The van der Waals surface area contributed by atoms with Gasteiger partial charge >= 0.3 is 0 Å². The van der Waals surface area contributed by atoms with E-state index in [0.29, 0.717) is 6.04 Å². The van der Waals surface area contributed by atoms with Crippen molar-refractivity contribution in [3.05, 3.63) is 0 Å². The lowest BCUT2D eigenvalue weighted by atomic mass is 10.2. The van der Waals surface area contributed by atoms with Crippen molar-refractivity contribution in [1.82, 2.24) is 10.6 Å². The molecule has 1 atom stereocenters. The second-order valence-electron chi connectivity index (χ2n) is 4.16. The summed E-state index contributed by atoms with van der Waals surface area (Å²) >= 11 is 0. The smallest absolute Gasteiger partial charge is 0.237 e. The summed E-state index contributed by atoms with van der Waals surface area (Å²) in [7, 11) is 0. The Morgan fingerprint density at radius 1 is 1.29 bits per heavy atom. The Balaban J connectivity index is 2.09. The quantitative estimate of drug-likeness (QED) is 0.410. The third-order valence-corrected chi connectivity index (χ3v) is 2.35. The predicted octanol–water partition coefficient (Wildman–Crippen LogP) is -2.03. The lowest BCUT2D eigenvalue weighted by molar-refractivity contribution is -0.126. The minimum Gasteiger partial charge on any atom is -0.370 e. The highest BCUT2D eigenvalue weighted by atomic mass is 16.2. The van der Waals surface area contributed by atoms with E-state index in [1.807, 2.05) is 0 Å². The van der Waals surface area contributed by atoms with Crippen LogP contribution in [0.3, 0.4) is 0 Å². The van der Waals surface area contributed by atoms with Crippen LogP contribution < -0.4 is 22.1 Å². The molecule has 0 aromatic carbocycles. The molecule has 1 fully saturated rings. The van der Waals surface area contributed by atoms with Crippen molar-refractivity contribution in [3.8, 4) is 0 Å². The van der Waals surface area contributed by atoms with Crippen LogP contribution in [0, 0.1) is 0 Å². The zero-order chi connectivity index (χ0) is 12.8. The molecule has 3 amide bonds. The normalized spacial score (nSPS) is 16.1. The zero-order valence-electron chi connectivity index (χ0n) is 9.57. The first-order valence-corrected chi connectivity index (χ1v) is 5.60. The SMILES string of the molecule is NC(=O)CC(N)C(=O)NCCC(=O)NC1CC1. The lowest BCUT2D eigenvalue weighted by Gasteiger charge is -2.10. The van der Waals surface area contributed by atoms with E-state index in [0.717, 1.165) is 12.8 Å². The van der Waals surface area contributed by atoms with Gasteiger partial charge in [-0.3, -0.25) is 14.4 Å². The van der Waals surface area contributed by atoms with E-state index in [-0.39, 0.29) is 25.3 Å². The van der Waals surface area contributed by atoms with E-state index >= 15 is 0 Å². The molecule has 0 saturated heterocycles. The Hall–Kier alpha value is -1.63. The Bertz CT molecular complexity index is 315. The van der Waals surface area contributed by atoms with Crippen LogP contribution in [0.4, 0.5) is 0 Å². The fourth-order valence-corrected chi connectivity index (χ4v) is 1.27. The molecule has 0 aromatic rings. The summed E-state index contributed by atoms with van der Waals surface area (Å²) in [6, 6.07) is -0.630. The summed E-state index contributed by atoms with van der Waals surface area (Å²) in [5.74, 6) is -1.18. The van der Waals surface area contributed by atoms with Gasteiger partial charge in [0.15, 0.2) is 0 Å². The number of carbonyl (C=O) groups excluding carboxylic acids is 3. The molecule has 0 spiro atoms. The summed E-state index contributed by atoms with van der Waals surface area (Å²) in [5, 5.41) is 5.27. The van der Waals surface area contributed by atoms with E-state index in [9.17, 15) is 14.4 Å². The van der Waals surface area contributed by atoms with Gasteiger partial charge in [0.05, 0.1) is 12.5 Å². The minimum absolute atomic E-state index is 0.0868. The van der Waals surface area contributed by atoms with Crippen molar-refractivity contribution in [2.45, 2.75) is 37.8 Å². The molecule has 6 N–H and O–H groups in total. The monoisotopic (exact) mass is 242 g/mol. The van der Waals surface area contributed by atoms with Crippen LogP contribution in [0.5, 0.6) is 0 Å². The van der Waals surface area contributed by atoms with E-state index in [4.69, 9.17) is 11.5 Å². The summed E-state index contributed by atoms with van der Waals surface area (Å²) in [6.45, 7) is 0.212. The third kappa shape index (κ3) is 5.86. The van der Waals surface area contributed by atoms with Gasteiger partial charge in [0.2, 0.25) is 17.7 Å². The highest BCUT2D eigenvalue weighted by Crippen LogP contribution is 2.18. The zero-order valence-corrected chi connectivity index (χ0v) is 9.57. The Kier molecular flexibility index (Phi) is 4.89. The Labute approximate surface area is 99.3 Å². The molecule has 1 saturated carbocycles. The predicted molar refractivity (Wildman–Crippen MR) is 60.6 cm³/mol. The maximum Gasteiger partial charge on any atom is 0.237 e.